The highest BCUT2D eigenvalue weighted by atomic mass is 35.5. The van der Waals surface area contributed by atoms with E-state index in [-0.39, 0.29) is 0 Å². The molecule has 0 unspecified atom stereocenters. The number of halogens is 5. The minimum absolute atomic E-state index is 2.95. The van der Waals surface area contributed by atoms with E-state index in [9.17, 15) is 22.4 Å². The molecule has 0 saturated carbocycles. The van der Waals surface area contributed by atoms with Crippen LogP contribution in [0.25, 0.3) is 0 Å². The van der Waals surface area contributed by atoms with Crippen molar-refractivity contribution in [1.82, 2.24) is 0 Å². The van der Waals surface area contributed by atoms with E-state index in [0.717, 1.165) is 0 Å². The maximum absolute atomic E-state index is 11.6. The molecule has 0 bridgehead atoms. The Morgan fingerprint density at radius 1 is 1.30 bits per heavy atom. The molecule has 0 spiro atoms. The van der Waals surface area contributed by atoms with Crippen molar-refractivity contribution >= 4 is 17.6 Å². The molecule has 0 rings (SSSR count). The van der Waals surface area contributed by atoms with Gasteiger partial charge in [-0.1, -0.05) is 0 Å². The van der Waals surface area contributed by atoms with E-state index < -0.39 is 17.3 Å². The van der Waals surface area contributed by atoms with Crippen LogP contribution < -0.4 is 0 Å². The third kappa shape index (κ3) is 1.50. The fraction of sp³-hybridized carbons (Fsp3) is 0.667. The third-order valence-electron chi connectivity index (χ3n) is 0.625. The number of carboxylic acid groups (broad SMARTS) is 1. The summed E-state index contributed by atoms with van der Waals surface area (Å²) in [5.74, 6) is -8.17. The highest BCUT2D eigenvalue weighted by Gasteiger charge is 2.61. The van der Waals surface area contributed by atoms with Crippen LogP contribution in [0.2, 0.25) is 0 Å². The van der Waals surface area contributed by atoms with Crippen LogP contribution in [0.3, 0.4) is 0 Å². The van der Waals surface area contributed by atoms with Crippen LogP contribution in [-0.4, -0.2) is 22.4 Å². The summed E-state index contributed by atoms with van der Waals surface area (Å²) in [5, 5.41) is 2.42. The summed E-state index contributed by atoms with van der Waals surface area (Å²) in [5.41, 5.74) is 0. The van der Waals surface area contributed by atoms with E-state index in [2.05, 4.69) is 11.6 Å². The molecule has 0 aromatic rings. The van der Waals surface area contributed by atoms with Crippen molar-refractivity contribution in [2.45, 2.75) is 11.3 Å². The summed E-state index contributed by atoms with van der Waals surface area (Å²) in [6.07, 6.45) is 0. The lowest BCUT2D eigenvalue weighted by Crippen LogP contribution is -2.43. The molecule has 0 atom stereocenters. The molecule has 0 radical (unpaired) electrons. The number of hydrogen-bond acceptors (Lipinski definition) is 1. The predicted octanol–water partition coefficient (Wildman–Crippen LogP) is 1.54. The van der Waals surface area contributed by atoms with Crippen molar-refractivity contribution < 1.29 is 27.5 Å². The molecule has 2 nitrogen and oxygen atoms in total. The van der Waals surface area contributed by atoms with Crippen molar-refractivity contribution in [2.24, 2.45) is 0 Å². The van der Waals surface area contributed by atoms with Gasteiger partial charge in [0.1, 0.15) is 0 Å². The minimum atomic E-state index is -5.21. The Hall–Kier alpha value is -0.520. The van der Waals surface area contributed by atoms with Gasteiger partial charge in [0.05, 0.1) is 0 Å². The maximum atomic E-state index is 11.6. The predicted molar refractivity (Wildman–Crippen MR) is 23.4 cm³/mol. The van der Waals surface area contributed by atoms with Crippen LogP contribution >= 0.6 is 11.6 Å². The van der Waals surface area contributed by atoms with Gasteiger partial charge in [-0.2, -0.15) is 17.6 Å². The maximum Gasteiger partial charge on any atom is 0.418 e. The molecular formula is C3HClF4O2. The standard InChI is InChI=1S/C3HClF4O2/c4-3(7,8)2(5,6)1(9)10/h(H,9,10). The van der Waals surface area contributed by atoms with Crippen LogP contribution in [0.15, 0.2) is 0 Å². The van der Waals surface area contributed by atoms with Crippen LogP contribution in [0.1, 0.15) is 0 Å². The fourth-order valence-electron chi connectivity index (χ4n) is 0.121. The zero-order chi connectivity index (χ0) is 8.58. The Kier molecular flexibility index (Phi) is 2.15. The van der Waals surface area contributed by atoms with Crippen molar-refractivity contribution in [1.29, 1.82) is 0 Å². The van der Waals surface area contributed by atoms with Gasteiger partial charge in [-0.05, 0) is 11.6 Å². The first-order valence-corrected chi connectivity index (χ1v) is 2.25. The van der Waals surface area contributed by atoms with Gasteiger partial charge < -0.3 is 5.11 Å². The second-order valence-electron chi connectivity index (χ2n) is 1.38. The van der Waals surface area contributed by atoms with Gasteiger partial charge in [0.25, 0.3) is 0 Å². The third-order valence-corrected chi connectivity index (χ3v) is 0.862. The summed E-state index contributed by atoms with van der Waals surface area (Å²) in [6.45, 7) is 0. The van der Waals surface area contributed by atoms with E-state index >= 15 is 0 Å². The Bertz CT molecular complexity index is 151. The van der Waals surface area contributed by atoms with Gasteiger partial charge in [-0.15, -0.1) is 0 Å². The van der Waals surface area contributed by atoms with Crippen LogP contribution in [0.4, 0.5) is 17.6 Å². The first-order valence-electron chi connectivity index (χ1n) is 1.87. The van der Waals surface area contributed by atoms with Gasteiger partial charge in [-0.3, -0.25) is 0 Å². The van der Waals surface area contributed by atoms with Crippen LogP contribution in [-0.2, 0) is 4.79 Å². The molecule has 0 saturated heterocycles. The molecular weight excluding hydrogens is 179 g/mol. The van der Waals surface area contributed by atoms with Gasteiger partial charge in [0, 0.05) is 0 Å². The lowest BCUT2D eigenvalue weighted by atomic mass is 10.3. The number of carbonyl (C=O) groups is 1. The average Bonchev–Trinajstić information content (AvgIpc) is 1.62. The van der Waals surface area contributed by atoms with Crippen LogP contribution in [0, 0.1) is 0 Å². The van der Waals surface area contributed by atoms with Crippen molar-refractivity contribution in [2.75, 3.05) is 0 Å². The minimum Gasteiger partial charge on any atom is -0.477 e. The van der Waals surface area contributed by atoms with Gasteiger partial charge in [0.2, 0.25) is 0 Å². The number of aliphatic carboxylic acids is 1. The SMILES string of the molecule is O=C(O)C(F)(F)C(F)(F)Cl. The molecule has 60 valence electrons. The Labute approximate surface area is 57.4 Å². The summed E-state index contributed by atoms with van der Waals surface area (Å²) in [4.78, 5) is 9.35. The Morgan fingerprint density at radius 2 is 1.60 bits per heavy atom. The first-order chi connectivity index (χ1) is 4.19. The number of hydrogen-bond donors (Lipinski definition) is 1. The van der Waals surface area contributed by atoms with Gasteiger partial charge >= 0.3 is 17.3 Å². The lowest BCUT2D eigenvalue weighted by molar-refractivity contribution is -0.197. The second kappa shape index (κ2) is 2.26. The van der Waals surface area contributed by atoms with E-state index in [4.69, 9.17) is 5.11 Å². The summed E-state index contributed by atoms with van der Waals surface area (Å²) >= 11 is 3.76. The zero-order valence-corrected chi connectivity index (χ0v) is 5.00. The van der Waals surface area contributed by atoms with E-state index in [1.165, 1.54) is 0 Å². The molecule has 7 heteroatoms. The molecule has 0 aliphatic heterocycles. The molecule has 0 fully saturated rings. The Morgan fingerprint density at radius 3 is 1.60 bits per heavy atom. The molecule has 0 heterocycles. The first kappa shape index (κ1) is 9.48. The number of alkyl halides is 5. The number of rotatable bonds is 2. The Balaban J connectivity index is 4.57. The largest absolute Gasteiger partial charge is 0.477 e. The highest BCUT2D eigenvalue weighted by Crippen LogP contribution is 2.37. The topological polar surface area (TPSA) is 37.3 Å². The van der Waals surface area contributed by atoms with Crippen molar-refractivity contribution in [3.63, 3.8) is 0 Å². The summed E-state index contributed by atoms with van der Waals surface area (Å²) in [7, 11) is 0. The summed E-state index contributed by atoms with van der Waals surface area (Å²) < 4.78 is 45.9. The van der Waals surface area contributed by atoms with E-state index in [1.807, 2.05) is 0 Å². The second-order valence-corrected chi connectivity index (χ2v) is 1.85. The van der Waals surface area contributed by atoms with Crippen molar-refractivity contribution in [3.8, 4) is 0 Å². The van der Waals surface area contributed by atoms with E-state index in [1.54, 1.807) is 0 Å². The average molecular weight is 180 g/mol. The van der Waals surface area contributed by atoms with Gasteiger partial charge in [0.15, 0.2) is 0 Å². The van der Waals surface area contributed by atoms with E-state index in [0.29, 0.717) is 0 Å². The molecule has 0 aliphatic carbocycles. The summed E-state index contributed by atoms with van der Waals surface area (Å²) in [6, 6.07) is 0. The van der Waals surface area contributed by atoms with Gasteiger partial charge in [-0.25, -0.2) is 4.79 Å². The molecule has 0 aliphatic rings. The van der Waals surface area contributed by atoms with Crippen LogP contribution in [0.5, 0.6) is 0 Å². The normalized spacial score (nSPS) is 13.3. The fourth-order valence-corrected chi connectivity index (χ4v) is 0.202. The highest BCUT2D eigenvalue weighted by molar-refractivity contribution is 6.23. The molecule has 0 amide bonds. The molecule has 0 aromatic carbocycles. The lowest BCUT2D eigenvalue weighted by Gasteiger charge is -2.15. The quantitative estimate of drug-likeness (QED) is 0.517. The molecule has 1 N–H and O–H groups in total. The smallest absolute Gasteiger partial charge is 0.418 e. The monoisotopic (exact) mass is 180 g/mol. The zero-order valence-electron chi connectivity index (χ0n) is 4.25. The molecule has 0 aromatic heterocycles. The van der Waals surface area contributed by atoms with Crippen molar-refractivity contribution in [3.05, 3.63) is 0 Å². The molecule has 10 heavy (non-hydrogen) atoms. The number of carboxylic acids is 1.